The highest BCUT2D eigenvalue weighted by Gasteiger charge is 2.29. The van der Waals surface area contributed by atoms with Gasteiger partial charge < -0.3 is 15.5 Å². The Morgan fingerprint density at radius 1 is 1.70 bits per heavy atom. The molecule has 2 unspecified atom stereocenters. The number of aliphatic hydroxyl groups is 2. The fourth-order valence-corrected chi connectivity index (χ4v) is 1.51. The van der Waals surface area contributed by atoms with Gasteiger partial charge in [-0.05, 0) is 13.0 Å². The topological polar surface area (TPSA) is 52.5 Å². The second-order valence-corrected chi connectivity index (χ2v) is 3.60. The third-order valence-corrected chi connectivity index (χ3v) is 2.16. The van der Waals surface area contributed by atoms with Crippen LogP contribution in [0.25, 0.3) is 0 Å². The summed E-state index contributed by atoms with van der Waals surface area (Å²) in [4.78, 5) is -0.876. The number of nitrogens with one attached hydrogen (secondary N) is 1. The predicted molar refractivity (Wildman–Crippen MR) is 42.0 cm³/mol. The van der Waals surface area contributed by atoms with Gasteiger partial charge in [0.05, 0.1) is 6.61 Å². The molecular formula is C6H13NO2S. The van der Waals surface area contributed by atoms with Crippen LogP contribution in [0.1, 0.15) is 12.8 Å². The van der Waals surface area contributed by atoms with Crippen molar-refractivity contribution >= 4 is 12.6 Å². The van der Waals surface area contributed by atoms with Crippen molar-refractivity contribution in [3.63, 3.8) is 0 Å². The van der Waals surface area contributed by atoms with Crippen molar-refractivity contribution in [3.05, 3.63) is 0 Å². The van der Waals surface area contributed by atoms with Crippen molar-refractivity contribution in [1.82, 2.24) is 5.32 Å². The Labute approximate surface area is 65.9 Å². The summed E-state index contributed by atoms with van der Waals surface area (Å²) in [6, 6.07) is 0.0104. The third-order valence-electron chi connectivity index (χ3n) is 1.75. The first-order valence-corrected chi connectivity index (χ1v) is 3.88. The number of hydrogen-bond acceptors (Lipinski definition) is 4. The first kappa shape index (κ1) is 8.33. The summed E-state index contributed by atoms with van der Waals surface area (Å²) in [7, 11) is 0. The van der Waals surface area contributed by atoms with Crippen molar-refractivity contribution in [3.8, 4) is 0 Å². The van der Waals surface area contributed by atoms with Crippen LogP contribution in [-0.2, 0) is 0 Å². The molecule has 0 radical (unpaired) electrons. The van der Waals surface area contributed by atoms with E-state index in [2.05, 4.69) is 17.9 Å². The Morgan fingerprint density at radius 2 is 2.40 bits per heavy atom. The second kappa shape index (κ2) is 3.09. The molecule has 3 nitrogen and oxygen atoms in total. The van der Waals surface area contributed by atoms with E-state index >= 15 is 0 Å². The summed E-state index contributed by atoms with van der Waals surface area (Å²) in [6.45, 7) is 0.800. The van der Waals surface area contributed by atoms with Crippen LogP contribution < -0.4 is 5.32 Å². The standard InChI is InChI=1S/C6H13NO2S/c8-4-5-3-6(9,10)1-2-7-5/h5,7-10H,1-4H2. The molecule has 10 heavy (non-hydrogen) atoms. The fourth-order valence-electron chi connectivity index (χ4n) is 1.17. The van der Waals surface area contributed by atoms with Crippen molar-refractivity contribution in [2.45, 2.75) is 23.8 Å². The normalized spacial score (nSPS) is 41.7. The van der Waals surface area contributed by atoms with E-state index in [0.717, 1.165) is 6.54 Å². The highest BCUT2D eigenvalue weighted by atomic mass is 32.1. The predicted octanol–water partition coefficient (Wildman–Crippen LogP) is -0.651. The molecule has 1 rings (SSSR count). The van der Waals surface area contributed by atoms with Crippen LogP contribution >= 0.6 is 12.6 Å². The largest absolute Gasteiger partial charge is 0.395 e. The molecule has 1 aliphatic rings. The van der Waals surface area contributed by atoms with Crippen LogP contribution in [0.4, 0.5) is 0 Å². The first-order valence-electron chi connectivity index (χ1n) is 3.43. The summed E-state index contributed by atoms with van der Waals surface area (Å²) < 4.78 is 0. The lowest BCUT2D eigenvalue weighted by Crippen LogP contribution is -2.46. The molecule has 0 aromatic carbocycles. The van der Waals surface area contributed by atoms with Gasteiger partial charge >= 0.3 is 0 Å². The number of hydrogen-bond donors (Lipinski definition) is 4. The Bertz CT molecular complexity index is 118. The molecule has 2 atom stereocenters. The molecule has 0 aliphatic carbocycles. The number of thiol groups is 1. The molecule has 1 saturated heterocycles. The van der Waals surface area contributed by atoms with E-state index in [4.69, 9.17) is 5.11 Å². The zero-order valence-corrected chi connectivity index (χ0v) is 6.64. The van der Waals surface area contributed by atoms with Crippen LogP contribution in [0.2, 0.25) is 0 Å². The lowest BCUT2D eigenvalue weighted by molar-refractivity contribution is 0.0686. The van der Waals surface area contributed by atoms with Crippen LogP contribution in [-0.4, -0.2) is 34.3 Å². The zero-order valence-electron chi connectivity index (χ0n) is 5.75. The lowest BCUT2D eigenvalue weighted by Gasteiger charge is -2.32. The van der Waals surface area contributed by atoms with Crippen LogP contribution in [0, 0.1) is 0 Å². The molecule has 60 valence electrons. The smallest absolute Gasteiger partial charge is 0.110 e. The Balaban J connectivity index is 2.40. The van der Waals surface area contributed by atoms with Gasteiger partial charge in [0.15, 0.2) is 0 Å². The van der Waals surface area contributed by atoms with Crippen LogP contribution in [0.15, 0.2) is 0 Å². The molecule has 0 aromatic heterocycles. The molecule has 0 bridgehead atoms. The minimum Gasteiger partial charge on any atom is -0.395 e. The van der Waals surface area contributed by atoms with Gasteiger partial charge in [-0.3, -0.25) is 0 Å². The van der Waals surface area contributed by atoms with Gasteiger partial charge in [0.1, 0.15) is 4.93 Å². The molecule has 0 amide bonds. The van der Waals surface area contributed by atoms with Crippen molar-refractivity contribution < 1.29 is 10.2 Å². The van der Waals surface area contributed by atoms with E-state index in [1.54, 1.807) is 0 Å². The molecule has 0 saturated carbocycles. The maximum absolute atomic E-state index is 9.39. The van der Waals surface area contributed by atoms with Crippen molar-refractivity contribution in [2.75, 3.05) is 13.2 Å². The summed E-state index contributed by atoms with van der Waals surface area (Å²) in [5.41, 5.74) is 0. The van der Waals surface area contributed by atoms with Gasteiger partial charge in [-0.1, -0.05) is 0 Å². The summed E-state index contributed by atoms with van der Waals surface area (Å²) >= 11 is 4.04. The quantitative estimate of drug-likeness (QED) is 0.307. The monoisotopic (exact) mass is 163 g/mol. The minimum atomic E-state index is -0.876. The molecule has 3 N–H and O–H groups in total. The van der Waals surface area contributed by atoms with E-state index in [1.165, 1.54) is 0 Å². The zero-order chi connectivity index (χ0) is 7.61. The van der Waals surface area contributed by atoms with E-state index in [0.29, 0.717) is 12.8 Å². The number of aliphatic hydroxyl groups excluding tert-OH is 1. The minimum absolute atomic E-state index is 0.0104. The molecule has 1 fully saturated rings. The molecule has 1 heterocycles. The van der Waals surface area contributed by atoms with E-state index in [-0.39, 0.29) is 12.6 Å². The highest BCUT2D eigenvalue weighted by Crippen LogP contribution is 2.24. The molecule has 0 aromatic rings. The molecular weight excluding hydrogens is 150 g/mol. The van der Waals surface area contributed by atoms with Crippen LogP contribution in [0.5, 0.6) is 0 Å². The summed E-state index contributed by atoms with van der Waals surface area (Å²) in [6.07, 6.45) is 1.17. The molecule has 1 aliphatic heterocycles. The Kier molecular flexibility index (Phi) is 2.57. The number of piperidine rings is 1. The van der Waals surface area contributed by atoms with Crippen molar-refractivity contribution in [1.29, 1.82) is 0 Å². The SMILES string of the molecule is OCC1CC(O)(S)CCN1. The van der Waals surface area contributed by atoms with E-state index < -0.39 is 4.93 Å². The average Bonchev–Trinajstić information content (AvgIpc) is 1.86. The van der Waals surface area contributed by atoms with Gasteiger partial charge in [-0.2, -0.15) is 0 Å². The molecule has 0 spiro atoms. The average molecular weight is 163 g/mol. The van der Waals surface area contributed by atoms with Crippen molar-refractivity contribution in [2.24, 2.45) is 0 Å². The maximum atomic E-state index is 9.39. The van der Waals surface area contributed by atoms with Gasteiger partial charge in [-0.25, -0.2) is 0 Å². The summed E-state index contributed by atoms with van der Waals surface area (Å²) in [5.74, 6) is 0. The second-order valence-electron chi connectivity index (χ2n) is 2.77. The maximum Gasteiger partial charge on any atom is 0.110 e. The number of rotatable bonds is 1. The molecule has 4 heteroatoms. The third kappa shape index (κ3) is 2.12. The van der Waals surface area contributed by atoms with E-state index in [1.807, 2.05) is 0 Å². The van der Waals surface area contributed by atoms with Gasteiger partial charge in [0.2, 0.25) is 0 Å². The van der Waals surface area contributed by atoms with E-state index in [9.17, 15) is 5.11 Å². The lowest BCUT2D eigenvalue weighted by atomic mass is 10.0. The Hall–Kier alpha value is 0.230. The first-order chi connectivity index (χ1) is 4.64. The van der Waals surface area contributed by atoms with Gasteiger partial charge in [0, 0.05) is 12.5 Å². The van der Waals surface area contributed by atoms with Gasteiger partial charge in [0.25, 0.3) is 0 Å². The Morgan fingerprint density at radius 3 is 2.80 bits per heavy atom. The fraction of sp³-hybridized carbons (Fsp3) is 1.00. The van der Waals surface area contributed by atoms with Crippen LogP contribution in [0.3, 0.4) is 0 Å². The highest BCUT2D eigenvalue weighted by molar-refractivity contribution is 7.81. The van der Waals surface area contributed by atoms with Gasteiger partial charge in [-0.15, -0.1) is 12.6 Å². The summed E-state index contributed by atoms with van der Waals surface area (Å²) in [5, 5.41) is 21.2.